The largest absolute Gasteiger partial charge is 0.484 e. The van der Waals surface area contributed by atoms with Gasteiger partial charge in [0, 0.05) is 25.7 Å². The summed E-state index contributed by atoms with van der Waals surface area (Å²) < 4.78 is 5.31. The predicted molar refractivity (Wildman–Crippen MR) is 74.0 cm³/mol. The molecule has 0 spiro atoms. The molecule has 1 aliphatic rings. The second kappa shape index (κ2) is 6.09. The number of carbonyl (C=O) groups is 1. The molecule has 108 valence electrons. The number of hydrogen-bond acceptors (Lipinski definition) is 4. The topological polar surface area (TPSA) is 72.7 Å². The number of nitro benzene ring substituents is 1. The lowest BCUT2D eigenvalue weighted by Gasteiger charge is -2.17. The monoisotopic (exact) mass is 298 g/mol. The Bertz CT molecular complexity index is 531. The van der Waals surface area contributed by atoms with E-state index in [1.54, 1.807) is 11.9 Å². The number of amides is 1. The number of benzene rings is 1. The number of nitrogens with zero attached hydrogens (tertiary/aromatic N) is 2. The van der Waals surface area contributed by atoms with Crippen LogP contribution in [0.2, 0.25) is 5.02 Å². The molecule has 0 aliphatic heterocycles. The molecule has 1 amide bonds. The van der Waals surface area contributed by atoms with Crippen LogP contribution in [0.3, 0.4) is 0 Å². The van der Waals surface area contributed by atoms with Gasteiger partial charge in [0.2, 0.25) is 0 Å². The van der Waals surface area contributed by atoms with Crippen molar-refractivity contribution in [2.75, 3.05) is 20.2 Å². The summed E-state index contributed by atoms with van der Waals surface area (Å²) in [5.41, 5.74) is -0.184. The Morgan fingerprint density at radius 2 is 2.25 bits per heavy atom. The zero-order valence-electron chi connectivity index (χ0n) is 11.0. The standard InChI is InChI=1S/C13H15ClN2O4/c1-15(7-9-2-3-9)13(17)8-20-10-4-5-12(16(18)19)11(14)6-10/h4-6,9H,2-3,7-8H2,1H3. The fourth-order valence-electron chi connectivity index (χ4n) is 1.77. The molecule has 0 saturated heterocycles. The van der Waals surface area contributed by atoms with Crippen LogP contribution in [0.5, 0.6) is 5.75 Å². The maximum Gasteiger partial charge on any atom is 0.288 e. The molecule has 6 nitrogen and oxygen atoms in total. The number of likely N-dealkylation sites (N-methyl/N-ethyl adjacent to an activating group) is 1. The van der Waals surface area contributed by atoms with Crippen molar-refractivity contribution >= 4 is 23.2 Å². The summed E-state index contributed by atoms with van der Waals surface area (Å²) in [6, 6.07) is 4.03. The Hall–Kier alpha value is -1.82. The summed E-state index contributed by atoms with van der Waals surface area (Å²) >= 11 is 5.76. The molecule has 2 rings (SSSR count). The van der Waals surface area contributed by atoms with Gasteiger partial charge in [-0.3, -0.25) is 14.9 Å². The molecule has 0 aromatic heterocycles. The van der Waals surface area contributed by atoms with Crippen LogP contribution in [-0.4, -0.2) is 35.9 Å². The van der Waals surface area contributed by atoms with Crippen molar-refractivity contribution in [3.05, 3.63) is 33.3 Å². The van der Waals surface area contributed by atoms with Crippen molar-refractivity contribution in [3.8, 4) is 5.75 Å². The van der Waals surface area contributed by atoms with E-state index in [9.17, 15) is 14.9 Å². The van der Waals surface area contributed by atoms with Crippen molar-refractivity contribution in [3.63, 3.8) is 0 Å². The Morgan fingerprint density at radius 1 is 1.55 bits per heavy atom. The first kappa shape index (κ1) is 14.6. The van der Waals surface area contributed by atoms with Crippen LogP contribution in [0, 0.1) is 16.0 Å². The van der Waals surface area contributed by atoms with Gasteiger partial charge in [0.25, 0.3) is 11.6 Å². The highest BCUT2D eigenvalue weighted by Gasteiger charge is 2.25. The van der Waals surface area contributed by atoms with Gasteiger partial charge in [0.1, 0.15) is 10.8 Å². The summed E-state index contributed by atoms with van der Waals surface area (Å²) in [6.07, 6.45) is 2.35. The quantitative estimate of drug-likeness (QED) is 0.597. The Balaban J connectivity index is 1.88. The van der Waals surface area contributed by atoms with E-state index in [4.69, 9.17) is 16.3 Å². The third-order valence-electron chi connectivity index (χ3n) is 3.13. The summed E-state index contributed by atoms with van der Waals surface area (Å²) in [7, 11) is 1.74. The van der Waals surface area contributed by atoms with E-state index in [0.29, 0.717) is 11.7 Å². The molecule has 0 unspecified atom stereocenters. The van der Waals surface area contributed by atoms with Gasteiger partial charge >= 0.3 is 0 Å². The van der Waals surface area contributed by atoms with E-state index in [2.05, 4.69) is 0 Å². The van der Waals surface area contributed by atoms with Gasteiger partial charge in [0.15, 0.2) is 6.61 Å². The van der Waals surface area contributed by atoms with E-state index in [0.717, 1.165) is 6.54 Å². The van der Waals surface area contributed by atoms with Crippen LogP contribution in [-0.2, 0) is 4.79 Å². The normalized spacial score (nSPS) is 13.9. The number of rotatable bonds is 6. The minimum Gasteiger partial charge on any atom is -0.484 e. The Kier molecular flexibility index (Phi) is 4.44. The maximum atomic E-state index is 11.8. The Labute approximate surface area is 121 Å². The average molecular weight is 299 g/mol. The SMILES string of the molecule is CN(CC1CC1)C(=O)COc1ccc([N+](=O)[O-])c(Cl)c1. The molecule has 1 aliphatic carbocycles. The number of nitro groups is 1. The van der Waals surface area contributed by atoms with E-state index in [-0.39, 0.29) is 23.2 Å². The molecule has 1 aromatic carbocycles. The first-order valence-corrected chi connectivity index (χ1v) is 6.66. The first-order chi connectivity index (χ1) is 9.47. The highest BCUT2D eigenvalue weighted by Crippen LogP contribution is 2.30. The number of ether oxygens (including phenoxy) is 1. The minimum absolute atomic E-state index is 0.00807. The molecule has 0 heterocycles. The van der Waals surface area contributed by atoms with Crippen molar-refractivity contribution < 1.29 is 14.5 Å². The fraction of sp³-hybridized carbons (Fsp3) is 0.462. The molecule has 1 aromatic rings. The summed E-state index contributed by atoms with van der Waals surface area (Å²) in [5, 5.41) is 10.6. The summed E-state index contributed by atoms with van der Waals surface area (Å²) in [6.45, 7) is 0.653. The second-order valence-electron chi connectivity index (χ2n) is 4.88. The van der Waals surface area contributed by atoms with E-state index in [1.807, 2.05) is 0 Å². The average Bonchev–Trinajstić information content (AvgIpc) is 3.19. The van der Waals surface area contributed by atoms with Crippen LogP contribution >= 0.6 is 11.6 Å². The minimum atomic E-state index is -0.569. The fourth-order valence-corrected chi connectivity index (χ4v) is 2.01. The highest BCUT2D eigenvalue weighted by atomic mass is 35.5. The number of hydrogen-bond donors (Lipinski definition) is 0. The zero-order chi connectivity index (χ0) is 14.7. The third-order valence-corrected chi connectivity index (χ3v) is 3.44. The van der Waals surface area contributed by atoms with Crippen molar-refractivity contribution in [1.29, 1.82) is 0 Å². The maximum absolute atomic E-state index is 11.8. The molecule has 0 N–H and O–H groups in total. The van der Waals surface area contributed by atoms with Crippen molar-refractivity contribution in [2.24, 2.45) is 5.92 Å². The molecular weight excluding hydrogens is 284 g/mol. The first-order valence-electron chi connectivity index (χ1n) is 6.28. The van der Waals surface area contributed by atoms with Crippen LogP contribution in [0.1, 0.15) is 12.8 Å². The smallest absolute Gasteiger partial charge is 0.288 e. The molecule has 0 radical (unpaired) electrons. The Morgan fingerprint density at radius 3 is 2.80 bits per heavy atom. The molecular formula is C13H15ClN2O4. The predicted octanol–water partition coefficient (Wildman–Crippen LogP) is 2.50. The van der Waals surface area contributed by atoms with Crippen LogP contribution in [0.25, 0.3) is 0 Å². The van der Waals surface area contributed by atoms with Crippen LogP contribution < -0.4 is 4.74 Å². The zero-order valence-corrected chi connectivity index (χ0v) is 11.8. The van der Waals surface area contributed by atoms with Gasteiger partial charge in [-0.2, -0.15) is 0 Å². The van der Waals surface area contributed by atoms with Crippen LogP contribution in [0.4, 0.5) is 5.69 Å². The van der Waals surface area contributed by atoms with E-state index in [1.165, 1.54) is 31.0 Å². The molecule has 1 saturated carbocycles. The van der Waals surface area contributed by atoms with Gasteiger partial charge < -0.3 is 9.64 Å². The van der Waals surface area contributed by atoms with Gasteiger partial charge in [-0.05, 0) is 24.8 Å². The van der Waals surface area contributed by atoms with Gasteiger partial charge in [-0.1, -0.05) is 11.6 Å². The molecule has 1 fully saturated rings. The lowest BCUT2D eigenvalue weighted by molar-refractivity contribution is -0.384. The third kappa shape index (κ3) is 3.84. The molecule has 20 heavy (non-hydrogen) atoms. The molecule has 0 bridgehead atoms. The lowest BCUT2D eigenvalue weighted by Crippen LogP contribution is -2.32. The van der Waals surface area contributed by atoms with Crippen molar-refractivity contribution in [1.82, 2.24) is 4.90 Å². The second-order valence-corrected chi connectivity index (χ2v) is 5.28. The van der Waals surface area contributed by atoms with Gasteiger partial charge in [-0.15, -0.1) is 0 Å². The van der Waals surface area contributed by atoms with Gasteiger partial charge in [0.05, 0.1) is 4.92 Å². The van der Waals surface area contributed by atoms with Crippen molar-refractivity contribution in [2.45, 2.75) is 12.8 Å². The van der Waals surface area contributed by atoms with E-state index >= 15 is 0 Å². The molecule has 7 heteroatoms. The highest BCUT2D eigenvalue weighted by molar-refractivity contribution is 6.32. The summed E-state index contributed by atoms with van der Waals surface area (Å²) in [4.78, 5) is 23.5. The summed E-state index contributed by atoms with van der Waals surface area (Å²) in [5.74, 6) is 0.845. The van der Waals surface area contributed by atoms with Crippen LogP contribution in [0.15, 0.2) is 18.2 Å². The lowest BCUT2D eigenvalue weighted by atomic mass is 10.3. The van der Waals surface area contributed by atoms with E-state index < -0.39 is 4.92 Å². The number of carbonyl (C=O) groups excluding carboxylic acids is 1. The van der Waals surface area contributed by atoms with Gasteiger partial charge in [-0.25, -0.2) is 0 Å². The number of halogens is 1. The molecule has 0 atom stereocenters.